The molecular weight excluding hydrogens is 289 g/mol. The van der Waals surface area contributed by atoms with Gasteiger partial charge in [0.25, 0.3) is 0 Å². The molecule has 1 aromatic carbocycles. The van der Waals surface area contributed by atoms with Crippen molar-refractivity contribution in [3.8, 4) is 5.75 Å². The largest absolute Gasteiger partial charge is 0.496 e. The lowest BCUT2D eigenvalue weighted by atomic mass is 10.0. The molecule has 1 aromatic rings. The number of rotatable bonds is 4. The first-order valence-electron chi connectivity index (χ1n) is 4.78. The maximum absolute atomic E-state index is 6.07. The predicted molar refractivity (Wildman–Crippen MR) is 74.3 cm³/mol. The number of ether oxygens (including phenoxy) is 1. The van der Waals surface area contributed by atoms with Crippen LogP contribution in [0.5, 0.6) is 5.75 Å². The highest BCUT2D eigenvalue weighted by molar-refractivity contribution is 9.10. The van der Waals surface area contributed by atoms with E-state index in [4.69, 9.17) is 10.5 Å². The minimum absolute atomic E-state index is 0. The van der Waals surface area contributed by atoms with Crippen molar-refractivity contribution in [1.82, 2.24) is 0 Å². The molecule has 0 radical (unpaired) electrons. The first kappa shape index (κ1) is 15.5. The Hall–Kier alpha value is -0.510. The Morgan fingerprint density at radius 1 is 1.56 bits per heavy atom. The average molecular weight is 307 g/mol. The van der Waals surface area contributed by atoms with Gasteiger partial charge in [-0.05, 0) is 25.5 Å². The molecule has 0 amide bonds. The summed E-state index contributed by atoms with van der Waals surface area (Å²) >= 11 is 3.40. The number of hydrogen-bond donors (Lipinski definition) is 1. The van der Waals surface area contributed by atoms with Gasteiger partial charge in [-0.1, -0.05) is 27.6 Å². The molecule has 90 valence electrons. The molecule has 2 nitrogen and oxygen atoms in total. The Morgan fingerprint density at radius 3 is 2.69 bits per heavy atom. The van der Waals surface area contributed by atoms with Crippen LogP contribution < -0.4 is 10.5 Å². The Labute approximate surface area is 111 Å². The lowest BCUT2D eigenvalue weighted by Gasteiger charge is -2.15. The van der Waals surface area contributed by atoms with E-state index in [2.05, 4.69) is 22.5 Å². The average Bonchev–Trinajstić information content (AvgIpc) is 2.16. The first-order chi connectivity index (χ1) is 7.04. The molecule has 0 heterocycles. The molecule has 0 aliphatic heterocycles. The highest BCUT2D eigenvalue weighted by atomic mass is 79.9. The lowest BCUT2D eigenvalue weighted by Crippen LogP contribution is -2.11. The predicted octanol–water partition coefficient (Wildman–Crippen LogP) is 3.85. The highest BCUT2D eigenvalue weighted by Gasteiger charge is 2.11. The topological polar surface area (TPSA) is 35.2 Å². The van der Waals surface area contributed by atoms with Crippen LogP contribution in [0.3, 0.4) is 0 Å². The molecular formula is C12H17BrClNO. The van der Waals surface area contributed by atoms with Crippen LogP contribution in [-0.4, -0.2) is 7.11 Å². The van der Waals surface area contributed by atoms with E-state index in [1.807, 2.05) is 25.1 Å². The minimum Gasteiger partial charge on any atom is -0.496 e. The lowest BCUT2D eigenvalue weighted by molar-refractivity contribution is 0.405. The van der Waals surface area contributed by atoms with Crippen molar-refractivity contribution in [3.63, 3.8) is 0 Å². The molecule has 1 atom stereocenters. The summed E-state index contributed by atoms with van der Waals surface area (Å²) in [5.41, 5.74) is 8.16. The van der Waals surface area contributed by atoms with E-state index < -0.39 is 0 Å². The Balaban J connectivity index is 0.00000225. The molecule has 0 aliphatic rings. The van der Waals surface area contributed by atoms with Crippen molar-refractivity contribution in [2.45, 2.75) is 19.4 Å². The van der Waals surface area contributed by atoms with Gasteiger partial charge in [0.05, 0.1) is 7.11 Å². The van der Waals surface area contributed by atoms with E-state index in [9.17, 15) is 0 Å². The summed E-state index contributed by atoms with van der Waals surface area (Å²) in [7, 11) is 1.65. The van der Waals surface area contributed by atoms with Gasteiger partial charge in [-0.2, -0.15) is 0 Å². The van der Waals surface area contributed by atoms with E-state index in [0.29, 0.717) is 0 Å². The Bertz CT molecular complexity index is 368. The summed E-state index contributed by atoms with van der Waals surface area (Å²) in [6.07, 6.45) is 0.776. The third kappa shape index (κ3) is 4.16. The van der Waals surface area contributed by atoms with Crippen molar-refractivity contribution in [1.29, 1.82) is 0 Å². The molecule has 0 spiro atoms. The molecule has 4 heteroatoms. The third-order valence-corrected chi connectivity index (χ3v) is 2.66. The number of methoxy groups -OCH3 is 1. The molecule has 2 N–H and O–H groups in total. The van der Waals surface area contributed by atoms with Crippen molar-refractivity contribution < 1.29 is 4.74 Å². The van der Waals surface area contributed by atoms with Crippen molar-refractivity contribution >= 4 is 28.3 Å². The maximum atomic E-state index is 6.07. The molecule has 0 saturated heterocycles. The molecule has 1 rings (SSSR count). The summed E-state index contributed by atoms with van der Waals surface area (Å²) in [4.78, 5) is 0. The second-order valence-electron chi connectivity index (χ2n) is 3.65. The number of halogens is 2. The second-order valence-corrected chi connectivity index (χ2v) is 4.57. The van der Waals surface area contributed by atoms with Crippen LogP contribution in [0.2, 0.25) is 0 Å². The van der Waals surface area contributed by atoms with Gasteiger partial charge in [-0.15, -0.1) is 19.0 Å². The summed E-state index contributed by atoms with van der Waals surface area (Å²) in [5.74, 6) is 0.818. The summed E-state index contributed by atoms with van der Waals surface area (Å²) < 4.78 is 6.28. The molecule has 0 saturated carbocycles. The molecule has 0 fully saturated rings. The molecule has 0 unspecified atom stereocenters. The molecule has 0 aliphatic carbocycles. The van der Waals surface area contributed by atoms with Crippen LogP contribution >= 0.6 is 28.3 Å². The fourth-order valence-corrected chi connectivity index (χ4v) is 1.82. The SMILES string of the molecule is C=C(C)C[C@H](N)c1ccc(Br)cc1OC.Cl. The van der Waals surface area contributed by atoms with E-state index in [1.165, 1.54) is 0 Å². The standard InChI is InChI=1S/C12H16BrNO.ClH/c1-8(2)6-11(14)10-5-4-9(13)7-12(10)15-3;/h4-5,7,11H,1,6,14H2,2-3H3;1H/t11-;/m0./s1. The minimum atomic E-state index is -0.0504. The number of nitrogens with two attached hydrogens (primary N) is 1. The normalized spacial score (nSPS) is 11.5. The first-order valence-corrected chi connectivity index (χ1v) is 5.57. The van der Waals surface area contributed by atoms with Gasteiger partial charge >= 0.3 is 0 Å². The highest BCUT2D eigenvalue weighted by Crippen LogP contribution is 2.29. The molecule has 16 heavy (non-hydrogen) atoms. The van der Waals surface area contributed by atoms with Gasteiger partial charge in [0.2, 0.25) is 0 Å². The van der Waals surface area contributed by atoms with Crippen molar-refractivity contribution in [2.75, 3.05) is 7.11 Å². The summed E-state index contributed by atoms with van der Waals surface area (Å²) in [6, 6.07) is 5.82. The van der Waals surface area contributed by atoms with Gasteiger partial charge in [0.15, 0.2) is 0 Å². The fraction of sp³-hybridized carbons (Fsp3) is 0.333. The number of hydrogen-bond acceptors (Lipinski definition) is 2. The van der Waals surface area contributed by atoms with Crippen LogP contribution in [-0.2, 0) is 0 Å². The third-order valence-electron chi connectivity index (χ3n) is 2.16. The van der Waals surface area contributed by atoms with Gasteiger partial charge < -0.3 is 10.5 Å². The molecule has 0 aromatic heterocycles. The van der Waals surface area contributed by atoms with Crippen LogP contribution in [0.25, 0.3) is 0 Å². The zero-order valence-corrected chi connectivity index (χ0v) is 11.9. The van der Waals surface area contributed by atoms with Gasteiger partial charge in [-0.3, -0.25) is 0 Å². The van der Waals surface area contributed by atoms with Crippen LogP contribution in [0.4, 0.5) is 0 Å². The monoisotopic (exact) mass is 305 g/mol. The smallest absolute Gasteiger partial charge is 0.124 e. The summed E-state index contributed by atoms with van der Waals surface area (Å²) in [6.45, 7) is 5.84. The van der Waals surface area contributed by atoms with Crippen LogP contribution in [0.1, 0.15) is 24.9 Å². The summed E-state index contributed by atoms with van der Waals surface area (Å²) in [5, 5.41) is 0. The van der Waals surface area contributed by atoms with Crippen LogP contribution in [0, 0.1) is 0 Å². The fourth-order valence-electron chi connectivity index (χ4n) is 1.48. The van der Waals surface area contributed by atoms with Gasteiger partial charge in [0, 0.05) is 16.1 Å². The molecule has 0 bridgehead atoms. The zero-order chi connectivity index (χ0) is 11.4. The van der Waals surface area contributed by atoms with Gasteiger partial charge in [-0.25, -0.2) is 0 Å². The Morgan fingerprint density at radius 2 is 2.19 bits per heavy atom. The number of benzene rings is 1. The van der Waals surface area contributed by atoms with E-state index in [0.717, 1.165) is 27.8 Å². The second kappa shape index (κ2) is 6.94. The van der Waals surface area contributed by atoms with Gasteiger partial charge in [0.1, 0.15) is 5.75 Å². The zero-order valence-electron chi connectivity index (χ0n) is 9.50. The maximum Gasteiger partial charge on any atom is 0.124 e. The van der Waals surface area contributed by atoms with Crippen molar-refractivity contribution in [3.05, 3.63) is 40.4 Å². The quantitative estimate of drug-likeness (QED) is 0.858. The van der Waals surface area contributed by atoms with E-state index in [-0.39, 0.29) is 18.4 Å². The van der Waals surface area contributed by atoms with E-state index in [1.54, 1.807) is 7.11 Å². The van der Waals surface area contributed by atoms with Crippen molar-refractivity contribution in [2.24, 2.45) is 5.73 Å². The van der Waals surface area contributed by atoms with Crippen LogP contribution in [0.15, 0.2) is 34.8 Å². The van der Waals surface area contributed by atoms with E-state index >= 15 is 0 Å². The Kier molecular flexibility index (Phi) is 6.72.